The maximum Gasteiger partial charge on any atom is 0.141 e. The number of rotatable bonds is 8. The second-order valence-corrected chi connectivity index (χ2v) is 6.52. The Kier molecular flexibility index (Phi) is 7.60. The third kappa shape index (κ3) is 5.91. The first kappa shape index (κ1) is 18.4. The van der Waals surface area contributed by atoms with E-state index in [1.807, 2.05) is 0 Å². The van der Waals surface area contributed by atoms with Crippen LogP contribution in [0.15, 0.2) is 18.2 Å². The van der Waals surface area contributed by atoms with Crippen LogP contribution in [0, 0.1) is 11.7 Å². The number of nitrogens with zero attached hydrogens (tertiary/aromatic N) is 2. The highest BCUT2D eigenvalue weighted by Gasteiger charge is 2.21. The zero-order chi connectivity index (χ0) is 16.0. The predicted molar refractivity (Wildman–Crippen MR) is 88.2 cm³/mol. The average molecular weight is 316 g/mol. The summed E-state index contributed by atoms with van der Waals surface area (Å²) in [4.78, 5) is 4.51. The topological polar surface area (TPSA) is 32.5 Å². The normalized spacial score (nSPS) is 13.4. The van der Waals surface area contributed by atoms with Gasteiger partial charge in [-0.15, -0.1) is 0 Å². The van der Waals surface area contributed by atoms with Crippen molar-refractivity contribution in [2.24, 2.45) is 11.7 Å². The van der Waals surface area contributed by atoms with Gasteiger partial charge in [-0.25, -0.2) is 4.39 Å². The van der Waals surface area contributed by atoms with Crippen molar-refractivity contribution in [3.05, 3.63) is 34.6 Å². The molecular weight excluding hydrogens is 289 g/mol. The van der Waals surface area contributed by atoms with E-state index in [2.05, 4.69) is 37.7 Å². The summed E-state index contributed by atoms with van der Waals surface area (Å²) in [5.74, 6) is 0.150. The number of hydrogen-bond donors (Lipinski definition) is 1. The number of hydrogen-bond acceptors (Lipinski definition) is 3. The lowest BCUT2D eigenvalue weighted by atomic mass is 10.0. The summed E-state index contributed by atoms with van der Waals surface area (Å²) >= 11 is 5.91. The lowest BCUT2D eigenvalue weighted by molar-refractivity contribution is 0.163. The second kappa shape index (κ2) is 8.69. The van der Waals surface area contributed by atoms with Gasteiger partial charge in [-0.05, 0) is 37.7 Å². The minimum absolute atomic E-state index is 0.0606. The molecule has 3 nitrogen and oxygen atoms in total. The molecule has 5 heteroatoms. The van der Waals surface area contributed by atoms with Crippen LogP contribution in [0.25, 0.3) is 0 Å². The molecule has 2 N–H and O–H groups in total. The molecule has 0 bridgehead atoms. The highest BCUT2D eigenvalue weighted by Crippen LogP contribution is 2.25. The van der Waals surface area contributed by atoms with E-state index in [0.29, 0.717) is 12.5 Å². The van der Waals surface area contributed by atoms with Crippen molar-refractivity contribution in [1.82, 2.24) is 9.80 Å². The predicted octanol–water partition coefficient (Wildman–Crippen LogP) is 3.00. The summed E-state index contributed by atoms with van der Waals surface area (Å²) in [5, 5.41) is 0.156. The number of likely N-dealkylation sites (N-methyl/N-ethyl adjacent to an activating group) is 1. The van der Waals surface area contributed by atoms with Crippen LogP contribution >= 0.6 is 11.6 Å². The highest BCUT2D eigenvalue weighted by molar-refractivity contribution is 6.30. The van der Waals surface area contributed by atoms with E-state index >= 15 is 0 Å². The second-order valence-electron chi connectivity index (χ2n) is 6.12. The zero-order valence-corrected chi connectivity index (χ0v) is 14.2. The Bertz CT molecular complexity index is 438. The Labute approximate surface area is 132 Å². The molecule has 21 heavy (non-hydrogen) atoms. The van der Waals surface area contributed by atoms with Gasteiger partial charge >= 0.3 is 0 Å². The van der Waals surface area contributed by atoms with Crippen LogP contribution in [0.4, 0.5) is 4.39 Å². The molecule has 0 heterocycles. The van der Waals surface area contributed by atoms with Gasteiger partial charge in [0.05, 0.1) is 5.02 Å². The van der Waals surface area contributed by atoms with E-state index in [1.54, 1.807) is 12.1 Å². The molecule has 1 rings (SSSR count). The van der Waals surface area contributed by atoms with Gasteiger partial charge in [0.2, 0.25) is 0 Å². The summed E-state index contributed by atoms with van der Waals surface area (Å²) in [6.07, 6.45) is 0. The van der Waals surface area contributed by atoms with Gasteiger partial charge in [-0.3, -0.25) is 4.90 Å². The third-order valence-electron chi connectivity index (χ3n) is 3.43. The van der Waals surface area contributed by atoms with Crippen molar-refractivity contribution in [1.29, 1.82) is 0 Å². The quantitative estimate of drug-likeness (QED) is 0.800. The van der Waals surface area contributed by atoms with Gasteiger partial charge in [-0.1, -0.05) is 31.5 Å². The Hall–Kier alpha value is -0.680. The molecule has 0 spiro atoms. The summed E-state index contributed by atoms with van der Waals surface area (Å²) in [5.41, 5.74) is 6.96. The molecule has 0 saturated carbocycles. The average Bonchev–Trinajstić information content (AvgIpc) is 2.40. The zero-order valence-electron chi connectivity index (χ0n) is 13.4. The molecule has 0 fully saturated rings. The fourth-order valence-corrected chi connectivity index (χ4v) is 2.58. The largest absolute Gasteiger partial charge is 0.329 e. The Morgan fingerprint density at radius 2 is 1.90 bits per heavy atom. The number of halogens is 2. The molecule has 0 aliphatic rings. The monoisotopic (exact) mass is 315 g/mol. The molecular formula is C16H27ClFN3. The maximum atomic E-state index is 13.3. The third-order valence-corrected chi connectivity index (χ3v) is 3.72. The lowest BCUT2D eigenvalue weighted by Gasteiger charge is -2.33. The van der Waals surface area contributed by atoms with Gasteiger partial charge in [0.15, 0.2) is 0 Å². The minimum atomic E-state index is -0.389. The van der Waals surface area contributed by atoms with E-state index in [-0.39, 0.29) is 16.9 Å². The molecule has 0 aliphatic carbocycles. The van der Waals surface area contributed by atoms with Gasteiger partial charge in [0.1, 0.15) is 5.82 Å². The van der Waals surface area contributed by atoms with Crippen LogP contribution in [-0.4, -0.2) is 50.1 Å². The van der Waals surface area contributed by atoms with Crippen molar-refractivity contribution < 1.29 is 4.39 Å². The summed E-state index contributed by atoms with van der Waals surface area (Å²) in [7, 11) is 4.11. The SMILES string of the molecule is CC(C)CN(CCN(C)C)C(CN)c1ccc(F)c(Cl)c1. The maximum absolute atomic E-state index is 13.3. The van der Waals surface area contributed by atoms with Gasteiger partial charge in [0.25, 0.3) is 0 Å². The van der Waals surface area contributed by atoms with Crippen molar-refractivity contribution in [2.45, 2.75) is 19.9 Å². The summed E-state index contributed by atoms with van der Waals surface area (Å²) < 4.78 is 13.3. The number of nitrogens with two attached hydrogens (primary N) is 1. The van der Waals surface area contributed by atoms with Crippen LogP contribution in [0.3, 0.4) is 0 Å². The standard InChI is InChI=1S/C16H27ClFN3/c1-12(2)11-21(8-7-20(3)4)16(10-19)13-5-6-15(18)14(17)9-13/h5-6,9,12,16H,7-8,10-11,19H2,1-4H3. The van der Waals surface area contributed by atoms with Gasteiger partial charge in [-0.2, -0.15) is 0 Å². The highest BCUT2D eigenvalue weighted by atomic mass is 35.5. The van der Waals surface area contributed by atoms with Crippen LogP contribution in [0.1, 0.15) is 25.5 Å². The lowest BCUT2D eigenvalue weighted by Crippen LogP contribution is -2.40. The van der Waals surface area contributed by atoms with E-state index in [0.717, 1.165) is 25.2 Å². The molecule has 0 radical (unpaired) electrons. The first-order chi connectivity index (χ1) is 9.85. The van der Waals surface area contributed by atoms with Crippen LogP contribution in [0.2, 0.25) is 5.02 Å². The van der Waals surface area contributed by atoms with Gasteiger partial charge in [0, 0.05) is 32.2 Å². The van der Waals surface area contributed by atoms with Crippen LogP contribution in [0.5, 0.6) is 0 Å². The fraction of sp³-hybridized carbons (Fsp3) is 0.625. The fourth-order valence-electron chi connectivity index (χ4n) is 2.39. The van der Waals surface area contributed by atoms with Crippen molar-refractivity contribution in [3.63, 3.8) is 0 Å². The summed E-state index contributed by atoms with van der Waals surface area (Å²) in [6.45, 7) is 7.69. The van der Waals surface area contributed by atoms with Crippen molar-refractivity contribution in [2.75, 3.05) is 40.3 Å². The molecule has 0 aromatic heterocycles. The molecule has 1 atom stereocenters. The van der Waals surface area contributed by atoms with Crippen LogP contribution in [-0.2, 0) is 0 Å². The minimum Gasteiger partial charge on any atom is -0.329 e. The van der Waals surface area contributed by atoms with Crippen LogP contribution < -0.4 is 5.73 Å². The Balaban J connectivity index is 2.95. The molecule has 120 valence electrons. The van der Waals surface area contributed by atoms with E-state index < -0.39 is 0 Å². The Morgan fingerprint density at radius 3 is 2.38 bits per heavy atom. The first-order valence-electron chi connectivity index (χ1n) is 7.39. The molecule has 0 saturated heterocycles. The van der Waals surface area contributed by atoms with Crippen molar-refractivity contribution >= 4 is 11.6 Å². The van der Waals surface area contributed by atoms with E-state index in [1.165, 1.54) is 6.07 Å². The van der Waals surface area contributed by atoms with E-state index in [4.69, 9.17) is 17.3 Å². The molecule has 0 aliphatic heterocycles. The van der Waals surface area contributed by atoms with Gasteiger partial charge < -0.3 is 10.6 Å². The van der Waals surface area contributed by atoms with Crippen molar-refractivity contribution in [3.8, 4) is 0 Å². The Morgan fingerprint density at radius 1 is 1.24 bits per heavy atom. The molecule has 1 aromatic rings. The number of benzene rings is 1. The smallest absolute Gasteiger partial charge is 0.141 e. The summed E-state index contributed by atoms with van der Waals surface area (Å²) in [6, 6.07) is 4.95. The van der Waals surface area contributed by atoms with E-state index in [9.17, 15) is 4.39 Å². The molecule has 1 aromatic carbocycles. The first-order valence-corrected chi connectivity index (χ1v) is 7.76. The molecule has 1 unspecified atom stereocenters. The molecule has 0 amide bonds.